The summed E-state index contributed by atoms with van der Waals surface area (Å²) in [7, 11) is 0. The molecule has 1 aromatic heterocycles. The Morgan fingerprint density at radius 2 is 0.860 bits per heavy atom. The van der Waals surface area contributed by atoms with Crippen LogP contribution >= 0.6 is 0 Å². The molecule has 1 heterocycles. The first-order valence-electron chi connectivity index (χ1n) is 19.8. The zero-order valence-electron chi connectivity index (χ0n) is 30.9. The fourth-order valence-corrected chi connectivity index (χ4v) is 10.7. The van der Waals surface area contributed by atoms with E-state index >= 15 is 0 Å². The lowest BCUT2D eigenvalue weighted by Crippen LogP contribution is -2.26. The van der Waals surface area contributed by atoms with Crippen LogP contribution < -0.4 is 4.90 Å². The van der Waals surface area contributed by atoms with Crippen LogP contribution in [-0.2, 0) is 5.41 Å². The molecule has 10 aromatic carbocycles. The van der Waals surface area contributed by atoms with Crippen molar-refractivity contribution in [2.24, 2.45) is 0 Å². The van der Waals surface area contributed by atoms with E-state index in [2.05, 4.69) is 199 Å². The van der Waals surface area contributed by atoms with E-state index < -0.39 is 5.41 Å². The lowest BCUT2D eigenvalue weighted by atomic mass is 9.68. The van der Waals surface area contributed by atoms with Gasteiger partial charge in [0, 0.05) is 33.6 Å². The normalized spacial score (nSPS) is 13.4. The van der Waals surface area contributed by atoms with Crippen molar-refractivity contribution in [3.8, 4) is 22.3 Å². The number of hydrogen-bond acceptors (Lipinski definition) is 2. The Labute approximate surface area is 329 Å². The maximum atomic E-state index is 6.52. The van der Waals surface area contributed by atoms with Crippen LogP contribution in [0, 0.1) is 0 Å². The molecule has 0 atom stereocenters. The first-order chi connectivity index (χ1) is 28.3. The van der Waals surface area contributed by atoms with Crippen molar-refractivity contribution in [3.63, 3.8) is 0 Å². The van der Waals surface area contributed by atoms with Gasteiger partial charge in [0.1, 0.15) is 11.2 Å². The minimum atomic E-state index is -0.537. The molecule has 0 radical (unpaired) electrons. The molecule has 2 heteroatoms. The number of hydrogen-bond donors (Lipinski definition) is 0. The zero-order valence-corrected chi connectivity index (χ0v) is 30.9. The van der Waals surface area contributed by atoms with Gasteiger partial charge in [0.15, 0.2) is 0 Å². The molecule has 0 fully saturated rings. The van der Waals surface area contributed by atoms with Gasteiger partial charge in [-0.3, -0.25) is 0 Å². The first-order valence-corrected chi connectivity index (χ1v) is 19.8. The van der Waals surface area contributed by atoms with Crippen molar-refractivity contribution in [3.05, 3.63) is 222 Å². The molecule has 1 spiro atoms. The third-order valence-electron chi connectivity index (χ3n) is 12.8. The topological polar surface area (TPSA) is 16.4 Å². The third kappa shape index (κ3) is 3.94. The lowest BCUT2D eigenvalue weighted by Gasteiger charge is -2.33. The summed E-state index contributed by atoms with van der Waals surface area (Å²) >= 11 is 0. The van der Waals surface area contributed by atoms with Gasteiger partial charge >= 0.3 is 0 Å². The molecule has 2 aliphatic carbocycles. The van der Waals surface area contributed by atoms with Gasteiger partial charge < -0.3 is 9.32 Å². The molecule has 0 saturated heterocycles. The summed E-state index contributed by atoms with van der Waals surface area (Å²) in [5.41, 5.74) is 15.1. The largest absolute Gasteiger partial charge is 0.456 e. The standard InChI is InChI=1S/C55H33NO/c1-2-16-34(17-3-1)56(35-30-31-42-41-23-12-15-29-50(41)57-51(42)32-35)49-33-46-52-43-24-7-4-18-36(43)37-19-5-8-25-44(37)54(52)55(53(46)45-26-9-6-22-40(45)49)47-27-13-10-20-38(47)39-21-11-14-28-48(39)55/h1-33H. The summed E-state index contributed by atoms with van der Waals surface area (Å²) in [5, 5.41) is 9.85. The quantitative estimate of drug-likeness (QED) is 0.169. The Kier molecular flexibility index (Phi) is 6.13. The van der Waals surface area contributed by atoms with Gasteiger partial charge in [-0.2, -0.15) is 0 Å². The summed E-state index contributed by atoms with van der Waals surface area (Å²) in [6.45, 7) is 0. The van der Waals surface area contributed by atoms with Gasteiger partial charge in [-0.1, -0.05) is 158 Å². The van der Waals surface area contributed by atoms with E-state index in [-0.39, 0.29) is 0 Å². The Bertz CT molecular complexity index is 3440. The van der Waals surface area contributed by atoms with Gasteiger partial charge in [0.05, 0.1) is 11.1 Å². The minimum absolute atomic E-state index is 0.537. The van der Waals surface area contributed by atoms with Crippen molar-refractivity contribution in [2.45, 2.75) is 5.41 Å². The van der Waals surface area contributed by atoms with Gasteiger partial charge in [-0.15, -0.1) is 0 Å². The van der Waals surface area contributed by atoms with Crippen LogP contribution in [0.4, 0.5) is 17.1 Å². The zero-order chi connectivity index (χ0) is 37.2. The van der Waals surface area contributed by atoms with E-state index in [1.54, 1.807) is 0 Å². The second kappa shape index (κ2) is 11.3. The van der Waals surface area contributed by atoms with Gasteiger partial charge in [-0.25, -0.2) is 0 Å². The maximum absolute atomic E-state index is 6.52. The van der Waals surface area contributed by atoms with Crippen LogP contribution in [0.2, 0.25) is 0 Å². The molecule has 11 aromatic rings. The maximum Gasteiger partial charge on any atom is 0.137 e. The van der Waals surface area contributed by atoms with Crippen molar-refractivity contribution in [1.29, 1.82) is 0 Å². The van der Waals surface area contributed by atoms with E-state index in [1.165, 1.54) is 76.8 Å². The van der Waals surface area contributed by atoms with E-state index in [1.807, 2.05) is 6.07 Å². The van der Waals surface area contributed by atoms with E-state index in [0.29, 0.717) is 0 Å². The summed E-state index contributed by atoms with van der Waals surface area (Å²) in [6.07, 6.45) is 0. The first kappa shape index (κ1) is 30.9. The Morgan fingerprint density at radius 1 is 0.333 bits per heavy atom. The Balaban J connectivity index is 1.22. The molecule has 264 valence electrons. The molecular formula is C55H33NO. The smallest absolute Gasteiger partial charge is 0.137 e. The number of nitrogens with zero attached hydrogens (tertiary/aromatic N) is 1. The third-order valence-corrected chi connectivity index (χ3v) is 12.8. The number of rotatable bonds is 3. The number of furan rings is 1. The highest BCUT2D eigenvalue weighted by molar-refractivity contribution is 6.22. The minimum Gasteiger partial charge on any atom is -0.456 e. The summed E-state index contributed by atoms with van der Waals surface area (Å²) < 4.78 is 6.52. The number of anilines is 3. The van der Waals surface area contributed by atoms with E-state index in [0.717, 1.165) is 39.0 Å². The van der Waals surface area contributed by atoms with Crippen LogP contribution in [0.5, 0.6) is 0 Å². The highest BCUT2D eigenvalue weighted by atomic mass is 16.3. The van der Waals surface area contributed by atoms with Crippen molar-refractivity contribution in [1.82, 2.24) is 0 Å². The summed E-state index contributed by atoms with van der Waals surface area (Å²) in [6, 6.07) is 73.8. The lowest BCUT2D eigenvalue weighted by molar-refractivity contribution is 0.669. The Morgan fingerprint density at radius 3 is 1.58 bits per heavy atom. The van der Waals surface area contributed by atoms with Crippen LogP contribution in [0.25, 0.3) is 76.5 Å². The van der Waals surface area contributed by atoms with E-state index in [9.17, 15) is 0 Å². The SMILES string of the molecule is c1ccc(N(c2ccc3c(c2)oc2ccccc23)c2cc3c(c4ccccc24)C2(c4ccccc4-c4ccccc42)c2c-3c3ccccc3c3ccccc23)cc1. The van der Waals surface area contributed by atoms with Crippen LogP contribution in [-0.4, -0.2) is 0 Å². The monoisotopic (exact) mass is 723 g/mol. The fraction of sp³-hybridized carbons (Fsp3) is 0.0182. The highest BCUT2D eigenvalue weighted by Crippen LogP contribution is 2.67. The molecule has 0 saturated carbocycles. The molecule has 0 N–H and O–H groups in total. The molecule has 2 aliphatic rings. The molecule has 13 rings (SSSR count). The molecule has 57 heavy (non-hydrogen) atoms. The average molecular weight is 724 g/mol. The van der Waals surface area contributed by atoms with E-state index in [4.69, 9.17) is 4.42 Å². The number of benzene rings is 10. The molecular weight excluding hydrogens is 691 g/mol. The van der Waals surface area contributed by atoms with Crippen molar-refractivity contribution < 1.29 is 4.42 Å². The van der Waals surface area contributed by atoms with Gasteiger partial charge in [0.25, 0.3) is 0 Å². The van der Waals surface area contributed by atoms with Crippen LogP contribution in [0.3, 0.4) is 0 Å². The molecule has 0 unspecified atom stereocenters. The second-order valence-corrected chi connectivity index (χ2v) is 15.5. The predicted molar refractivity (Wildman–Crippen MR) is 237 cm³/mol. The predicted octanol–water partition coefficient (Wildman–Crippen LogP) is 14.9. The van der Waals surface area contributed by atoms with Gasteiger partial charge in [-0.05, 0) is 108 Å². The summed E-state index contributed by atoms with van der Waals surface area (Å²) in [5.74, 6) is 0. The second-order valence-electron chi connectivity index (χ2n) is 15.5. The molecule has 0 aliphatic heterocycles. The highest BCUT2D eigenvalue weighted by Gasteiger charge is 2.54. The number of para-hydroxylation sites is 2. The number of fused-ring (bicyclic) bond motifs is 20. The average Bonchev–Trinajstić information content (AvgIpc) is 3.91. The molecule has 0 amide bonds. The molecule has 0 bridgehead atoms. The fourth-order valence-electron chi connectivity index (χ4n) is 10.7. The summed E-state index contributed by atoms with van der Waals surface area (Å²) in [4.78, 5) is 2.43. The van der Waals surface area contributed by atoms with Crippen molar-refractivity contribution >= 4 is 71.3 Å². The van der Waals surface area contributed by atoms with Crippen LogP contribution in [0.15, 0.2) is 205 Å². The van der Waals surface area contributed by atoms with Gasteiger partial charge in [0.2, 0.25) is 0 Å². The Hall–Kier alpha value is -7.42. The molecule has 2 nitrogen and oxygen atoms in total. The van der Waals surface area contributed by atoms with Crippen LogP contribution in [0.1, 0.15) is 22.3 Å². The van der Waals surface area contributed by atoms with Crippen molar-refractivity contribution in [2.75, 3.05) is 4.90 Å².